The lowest BCUT2D eigenvalue weighted by Gasteiger charge is -2.36. The zero-order valence-corrected chi connectivity index (χ0v) is 16.1. The molecule has 0 fully saturated rings. The first kappa shape index (κ1) is 18.2. The van der Waals surface area contributed by atoms with Crippen LogP contribution in [0.1, 0.15) is 42.7 Å². The average Bonchev–Trinajstić information content (AvgIpc) is 2.73. The zero-order chi connectivity index (χ0) is 19.7. The van der Waals surface area contributed by atoms with Crippen LogP contribution in [0, 0.1) is 0 Å². The monoisotopic (exact) mass is 373 g/mol. The first-order chi connectivity index (χ1) is 13.6. The molecular formula is C24H23NO3. The molecule has 28 heavy (non-hydrogen) atoms. The number of allylic oxidation sites excluding steroid dienone is 3. The van der Waals surface area contributed by atoms with E-state index in [1.165, 1.54) is 12.7 Å². The lowest BCUT2D eigenvalue weighted by atomic mass is 9.72. The minimum absolute atomic E-state index is 0.0883. The van der Waals surface area contributed by atoms with Crippen LogP contribution in [0.25, 0.3) is 0 Å². The summed E-state index contributed by atoms with van der Waals surface area (Å²) in [4.78, 5) is 25.9. The van der Waals surface area contributed by atoms with E-state index in [-0.39, 0.29) is 11.7 Å². The van der Waals surface area contributed by atoms with Crippen LogP contribution in [0.15, 0.2) is 83.2 Å². The molecule has 1 aliphatic carbocycles. The Bertz CT molecular complexity index is 973. The molecular weight excluding hydrogens is 350 g/mol. The van der Waals surface area contributed by atoms with Gasteiger partial charge in [-0.25, -0.2) is 4.79 Å². The van der Waals surface area contributed by atoms with E-state index in [0.717, 1.165) is 23.4 Å². The summed E-state index contributed by atoms with van der Waals surface area (Å²) in [7, 11) is 1.38. The van der Waals surface area contributed by atoms with Crippen LogP contribution in [0.3, 0.4) is 0 Å². The first-order valence-electron chi connectivity index (χ1n) is 9.52. The van der Waals surface area contributed by atoms with E-state index in [1.54, 1.807) is 0 Å². The molecule has 0 unspecified atom stereocenters. The van der Waals surface area contributed by atoms with Crippen LogP contribution in [-0.2, 0) is 14.3 Å². The average molecular weight is 373 g/mol. The van der Waals surface area contributed by atoms with Gasteiger partial charge in [-0.1, -0.05) is 60.7 Å². The van der Waals surface area contributed by atoms with Crippen LogP contribution in [0.2, 0.25) is 0 Å². The molecule has 0 spiro atoms. The molecule has 0 radical (unpaired) electrons. The van der Waals surface area contributed by atoms with Gasteiger partial charge in [0.1, 0.15) is 0 Å². The third-order valence-corrected chi connectivity index (χ3v) is 5.64. The van der Waals surface area contributed by atoms with Gasteiger partial charge < -0.3 is 10.1 Å². The minimum atomic E-state index is -0.400. The van der Waals surface area contributed by atoms with Crippen molar-refractivity contribution in [2.24, 2.45) is 0 Å². The van der Waals surface area contributed by atoms with E-state index >= 15 is 0 Å². The van der Waals surface area contributed by atoms with E-state index in [4.69, 9.17) is 4.74 Å². The molecule has 4 nitrogen and oxygen atoms in total. The maximum Gasteiger partial charge on any atom is 0.336 e. The topological polar surface area (TPSA) is 55.4 Å². The van der Waals surface area contributed by atoms with Crippen molar-refractivity contribution in [2.75, 3.05) is 7.11 Å². The third kappa shape index (κ3) is 3.15. The number of nitrogens with one attached hydrogen (secondary N) is 1. The number of carbonyl (C=O) groups excluding carboxylic acids is 2. The van der Waals surface area contributed by atoms with E-state index in [2.05, 4.69) is 17.4 Å². The van der Waals surface area contributed by atoms with Crippen LogP contribution < -0.4 is 5.32 Å². The molecule has 2 aromatic carbocycles. The number of benzene rings is 2. The van der Waals surface area contributed by atoms with Crippen molar-refractivity contribution in [1.29, 1.82) is 0 Å². The summed E-state index contributed by atoms with van der Waals surface area (Å²) in [6.07, 6.45) is 1.20. The van der Waals surface area contributed by atoms with Gasteiger partial charge in [-0.2, -0.15) is 0 Å². The number of methoxy groups -OCH3 is 1. The van der Waals surface area contributed by atoms with Crippen molar-refractivity contribution in [1.82, 2.24) is 5.32 Å². The van der Waals surface area contributed by atoms with Crippen LogP contribution in [0.5, 0.6) is 0 Å². The number of ether oxygens (including phenoxy) is 1. The van der Waals surface area contributed by atoms with Gasteiger partial charge in [0.15, 0.2) is 5.78 Å². The molecule has 0 amide bonds. The number of esters is 1. The molecule has 2 aromatic rings. The third-order valence-electron chi connectivity index (χ3n) is 5.64. The number of hydrogen-bond acceptors (Lipinski definition) is 4. The van der Waals surface area contributed by atoms with Crippen LogP contribution >= 0.6 is 0 Å². The Morgan fingerprint density at radius 1 is 0.964 bits per heavy atom. The standard InChI is InChI=1S/C24H23NO3/c1-15-21(24(27)28-2)22(17-11-7-4-8-12-17)23-19(25-15)13-18(14-20(23)26)16-9-5-3-6-10-16/h3-12,18,22,25H,13-14H2,1-2H3/t18-,22+/m1/s1. The van der Waals surface area contributed by atoms with Crippen molar-refractivity contribution in [3.63, 3.8) is 0 Å². The van der Waals surface area contributed by atoms with Crippen molar-refractivity contribution < 1.29 is 14.3 Å². The van der Waals surface area contributed by atoms with Crippen molar-refractivity contribution in [3.8, 4) is 0 Å². The molecule has 0 saturated carbocycles. The Labute approximate surface area is 164 Å². The van der Waals surface area contributed by atoms with Gasteiger partial charge >= 0.3 is 5.97 Å². The highest BCUT2D eigenvalue weighted by atomic mass is 16.5. The summed E-state index contributed by atoms with van der Waals surface area (Å²) >= 11 is 0. The second-order valence-electron chi connectivity index (χ2n) is 7.33. The fourth-order valence-corrected chi connectivity index (χ4v) is 4.36. The fourth-order valence-electron chi connectivity index (χ4n) is 4.36. The van der Waals surface area contributed by atoms with E-state index in [1.807, 2.05) is 55.5 Å². The van der Waals surface area contributed by atoms with Crippen molar-refractivity contribution in [3.05, 3.63) is 94.3 Å². The lowest BCUT2D eigenvalue weighted by molar-refractivity contribution is -0.136. The number of dihydropyridines is 1. The van der Waals surface area contributed by atoms with Crippen molar-refractivity contribution >= 4 is 11.8 Å². The summed E-state index contributed by atoms with van der Waals surface area (Å²) in [6, 6.07) is 19.9. The Kier molecular flexibility index (Phi) is 4.86. The van der Waals surface area contributed by atoms with Gasteiger partial charge in [0.2, 0.25) is 0 Å². The smallest absolute Gasteiger partial charge is 0.336 e. The number of Topliss-reactive ketones (excluding diaryl/α,β-unsaturated/α-hetero) is 1. The molecule has 4 heteroatoms. The molecule has 0 bridgehead atoms. The van der Waals surface area contributed by atoms with E-state index in [0.29, 0.717) is 17.6 Å². The second kappa shape index (κ2) is 7.47. The Balaban J connectivity index is 1.81. The molecule has 0 saturated heterocycles. The largest absolute Gasteiger partial charge is 0.466 e. The van der Waals surface area contributed by atoms with E-state index in [9.17, 15) is 9.59 Å². The molecule has 1 heterocycles. The number of ketones is 1. The Morgan fingerprint density at radius 2 is 1.57 bits per heavy atom. The minimum Gasteiger partial charge on any atom is -0.466 e. The summed E-state index contributed by atoms with van der Waals surface area (Å²) in [5, 5.41) is 3.35. The van der Waals surface area contributed by atoms with E-state index < -0.39 is 11.9 Å². The Morgan fingerprint density at radius 3 is 2.18 bits per heavy atom. The molecule has 1 N–H and O–H groups in total. The van der Waals surface area contributed by atoms with Gasteiger partial charge in [-0.3, -0.25) is 4.79 Å². The van der Waals surface area contributed by atoms with Crippen LogP contribution in [0.4, 0.5) is 0 Å². The first-order valence-corrected chi connectivity index (χ1v) is 9.52. The molecule has 2 atom stereocenters. The van der Waals surface area contributed by atoms with Gasteiger partial charge in [-0.15, -0.1) is 0 Å². The maximum atomic E-state index is 13.3. The summed E-state index contributed by atoms with van der Waals surface area (Å²) in [5.41, 5.74) is 4.98. The number of carbonyl (C=O) groups is 2. The van der Waals surface area contributed by atoms with Crippen molar-refractivity contribution in [2.45, 2.75) is 31.6 Å². The highest BCUT2D eigenvalue weighted by molar-refractivity contribution is 6.04. The molecule has 1 aliphatic heterocycles. The highest BCUT2D eigenvalue weighted by Crippen LogP contribution is 2.45. The molecule has 0 aromatic heterocycles. The maximum absolute atomic E-state index is 13.3. The summed E-state index contributed by atoms with van der Waals surface area (Å²) in [5.74, 6) is -0.563. The van der Waals surface area contributed by atoms with Gasteiger partial charge in [0, 0.05) is 29.3 Å². The predicted molar refractivity (Wildman–Crippen MR) is 107 cm³/mol. The zero-order valence-electron chi connectivity index (χ0n) is 16.1. The predicted octanol–water partition coefficient (Wildman–Crippen LogP) is 4.22. The molecule has 4 rings (SSSR count). The van der Waals surface area contributed by atoms with Gasteiger partial charge in [0.25, 0.3) is 0 Å². The normalized spacial score (nSPS) is 21.9. The molecule has 142 valence electrons. The number of hydrogen-bond donors (Lipinski definition) is 1. The van der Waals surface area contributed by atoms with Crippen LogP contribution in [-0.4, -0.2) is 18.9 Å². The van der Waals surface area contributed by atoms with Gasteiger partial charge in [0.05, 0.1) is 12.7 Å². The second-order valence-corrected chi connectivity index (χ2v) is 7.33. The van der Waals surface area contributed by atoms with Gasteiger partial charge in [-0.05, 0) is 30.4 Å². The lowest BCUT2D eigenvalue weighted by Crippen LogP contribution is -2.36. The fraction of sp³-hybridized carbons (Fsp3) is 0.250. The summed E-state index contributed by atoms with van der Waals surface area (Å²) < 4.78 is 5.05. The molecule has 2 aliphatic rings. The summed E-state index contributed by atoms with van der Waals surface area (Å²) in [6.45, 7) is 1.88. The number of rotatable bonds is 3. The quantitative estimate of drug-likeness (QED) is 0.819. The highest BCUT2D eigenvalue weighted by Gasteiger charge is 2.41. The Hall–Kier alpha value is -3.14. The SMILES string of the molecule is COC(=O)C1=C(C)NC2=C(C(=O)C[C@H](c3ccccc3)C2)[C@H]1c1ccccc1.